The van der Waals surface area contributed by atoms with Crippen molar-refractivity contribution in [1.82, 2.24) is 14.7 Å². The van der Waals surface area contributed by atoms with Gasteiger partial charge in [0.1, 0.15) is 29.8 Å². The largest absolute Gasteiger partial charge is 0.455 e. The van der Waals surface area contributed by atoms with E-state index in [1.54, 1.807) is 22.9 Å². The van der Waals surface area contributed by atoms with Gasteiger partial charge in [0.15, 0.2) is 0 Å². The maximum Gasteiger partial charge on any atom is 0.313 e. The molecule has 2 fully saturated rings. The lowest BCUT2D eigenvalue weighted by atomic mass is 9.74. The molecule has 8 atom stereocenters. The molecule has 0 unspecified atom stereocenters. The maximum atomic E-state index is 14.8. The first-order valence-electron chi connectivity index (χ1n) is 16.9. The lowest BCUT2D eigenvalue weighted by molar-refractivity contribution is -0.164. The Morgan fingerprint density at radius 2 is 1.79 bits per heavy atom. The fourth-order valence-electron chi connectivity index (χ4n) is 7.66. The second-order valence-corrected chi connectivity index (χ2v) is 14.6. The number of ether oxygens (including phenoxy) is 2. The van der Waals surface area contributed by atoms with Crippen molar-refractivity contribution >= 4 is 39.6 Å². The molecule has 1 aromatic carbocycles. The van der Waals surface area contributed by atoms with E-state index in [4.69, 9.17) is 9.47 Å². The molecule has 0 aromatic heterocycles. The van der Waals surface area contributed by atoms with Crippen LogP contribution in [0.2, 0.25) is 0 Å². The normalized spacial score (nSPS) is 32.9. The molecule has 0 saturated carbocycles. The highest BCUT2D eigenvalue weighted by molar-refractivity contribution is 9.11. The van der Waals surface area contributed by atoms with E-state index in [0.717, 1.165) is 18.4 Å². The molecule has 1 spiro atoms. The third kappa shape index (κ3) is 6.55. The molecule has 1 aromatic rings. The van der Waals surface area contributed by atoms with Crippen LogP contribution >= 0.6 is 15.9 Å². The maximum absolute atomic E-state index is 14.8. The minimum absolute atomic E-state index is 0.0969. The number of aliphatic hydroxyl groups excluding tert-OH is 1. The summed E-state index contributed by atoms with van der Waals surface area (Å²) in [6, 6.07) is 7.04. The van der Waals surface area contributed by atoms with Crippen LogP contribution in [0.5, 0.6) is 0 Å². The SMILES string of the molecule is CCCCN1C/C=C\CCC(=O)N(C)[C@@H](C)[C@H](c2ccccc2)OC(=O)[C@H]2[C@@H]3O[C@@]4(C=C3Br)[C@@H]2C(=O)N([C@@H](CO)CC(C)C)[C@@H]4C1=O. The molecule has 0 aliphatic carbocycles. The number of halogens is 1. The summed E-state index contributed by atoms with van der Waals surface area (Å²) < 4.78 is 13.6. The van der Waals surface area contributed by atoms with Gasteiger partial charge in [-0.05, 0) is 43.7 Å². The van der Waals surface area contributed by atoms with Gasteiger partial charge >= 0.3 is 5.97 Å². The smallest absolute Gasteiger partial charge is 0.313 e. The number of aliphatic hydroxyl groups is 1. The van der Waals surface area contributed by atoms with Gasteiger partial charge in [0.25, 0.3) is 0 Å². The first kappa shape index (κ1) is 35.3. The van der Waals surface area contributed by atoms with Crippen LogP contribution in [-0.4, -0.2) is 100 Å². The topological polar surface area (TPSA) is 117 Å². The van der Waals surface area contributed by atoms with Crippen molar-refractivity contribution < 1.29 is 33.8 Å². The van der Waals surface area contributed by atoms with Crippen molar-refractivity contribution in [3.8, 4) is 0 Å². The Morgan fingerprint density at radius 1 is 1.06 bits per heavy atom. The van der Waals surface area contributed by atoms with Gasteiger partial charge in [-0.15, -0.1) is 0 Å². The third-order valence-corrected chi connectivity index (χ3v) is 10.8. The van der Waals surface area contributed by atoms with E-state index in [1.165, 1.54) is 4.90 Å². The minimum atomic E-state index is -1.42. The molecule has 2 saturated heterocycles. The van der Waals surface area contributed by atoms with Gasteiger partial charge in [-0.3, -0.25) is 19.2 Å². The van der Waals surface area contributed by atoms with E-state index in [1.807, 2.05) is 70.2 Å². The number of unbranched alkanes of at least 4 members (excludes halogenated alkanes) is 1. The number of allylic oxidation sites excluding steroid dienone is 1. The summed E-state index contributed by atoms with van der Waals surface area (Å²) in [5.74, 6) is -3.35. The van der Waals surface area contributed by atoms with Gasteiger partial charge in [0.05, 0.1) is 24.6 Å². The number of hydrogen-bond acceptors (Lipinski definition) is 7. The zero-order valence-electron chi connectivity index (χ0n) is 28.0. The van der Waals surface area contributed by atoms with Crippen molar-refractivity contribution in [2.45, 2.75) is 95.7 Å². The molecule has 3 amide bonds. The Morgan fingerprint density at radius 3 is 2.45 bits per heavy atom. The Bertz CT molecular complexity index is 1400. The first-order valence-corrected chi connectivity index (χ1v) is 17.7. The number of carbonyl (C=O) groups is 4. The van der Waals surface area contributed by atoms with E-state index >= 15 is 0 Å². The van der Waals surface area contributed by atoms with Crippen LogP contribution in [0, 0.1) is 17.8 Å². The summed E-state index contributed by atoms with van der Waals surface area (Å²) in [4.78, 5) is 62.0. The summed E-state index contributed by atoms with van der Waals surface area (Å²) in [7, 11) is 1.71. The molecule has 10 nitrogen and oxygen atoms in total. The monoisotopic (exact) mass is 713 g/mol. The van der Waals surface area contributed by atoms with Crippen LogP contribution in [0.4, 0.5) is 0 Å². The lowest BCUT2D eigenvalue weighted by Gasteiger charge is -2.39. The standard InChI is InChI=1S/C36H48BrN3O7/c1-6-7-17-39-18-13-9-12-16-27(42)38(5)23(4)30(24-14-10-8-11-15-24)46-35(45)28-29-33(43)40(25(21-41)19-22(2)3)32(34(39)44)36(29)20-26(37)31(28)47-36/h8-11,13-15,20,22-23,25,28-32,41H,6-7,12,16-19,21H2,1-5H3/b13-9-/t23-,25+,28+,29-,30+,31+,32+,36-/m0/s1. The highest BCUT2D eigenvalue weighted by Crippen LogP contribution is 2.59. The van der Waals surface area contributed by atoms with Crippen LogP contribution in [0.25, 0.3) is 0 Å². The van der Waals surface area contributed by atoms with Gasteiger partial charge in [0, 0.05) is 31.0 Å². The number of likely N-dealkylation sites (tertiary alicyclic amines) is 1. The molecule has 4 aliphatic rings. The number of esters is 1. The first-order chi connectivity index (χ1) is 22.5. The van der Waals surface area contributed by atoms with E-state index in [-0.39, 0.29) is 30.8 Å². The number of fused-ring (bicyclic) bond motifs is 2. The van der Waals surface area contributed by atoms with Crippen LogP contribution in [0.15, 0.2) is 53.0 Å². The van der Waals surface area contributed by atoms with Crippen molar-refractivity contribution in [3.05, 3.63) is 58.6 Å². The molecule has 5 rings (SSSR count). The average Bonchev–Trinajstić information content (AvgIpc) is 3.65. The van der Waals surface area contributed by atoms with Gasteiger partial charge < -0.3 is 29.3 Å². The Hall–Kier alpha value is -3.02. The Balaban J connectivity index is 1.65. The number of cyclic esters (lactones) is 1. The number of hydrogen-bond donors (Lipinski definition) is 1. The van der Waals surface area contributed by atoms with E-state index < -0.39 is 59.6 Å². The van der Waals surface area contributed by atoms with Crippen molar-refractivity contribution in [2.24, 2.45) is 17.8 Å². The fourth-order valence-corrected chi connectivity index (χ4v) is 8.39. The number of rotatable bonds is 8. The quantitative estimate of drug-likeness (QED) is 0.314. The molecule has 11 heteroatoms. The molecule has 5 bridgehead atoms. The van der Waals surface area contributed by atoms with Crippen LogP contribution in [0.1, 0.15) is 71.5 Å². The predicted molar refractivity (Wildman–Crippen MR) is 180 cm³/mol. The second-order valence-electron chi connectivity index (χ2n) is 13.7. The molecule has 4 heterocycles. The number of nitrogens with zero attached hydrogens (tertiary/aromatic N) is 3. The Labute approximate surface area is 286 Å². The van der Waals surface area contributed by atoms with Crippen LogP contribution in [0.3, 0.4) is 0 Å². The zero-order chi connectivity index (χ0) is 34.0. The number of carbonyl (C=O) groups excluding carboxylic acids is 4. The average molecular weight is 715 g/mol. The molecule has 1 N–H and O–H groups in total. The van der Waals surface area contributed by atoms with Gasteiger partial charge in [-0.1, -0.05) is 85.6 Å². The number of benzene rings is 1. The molecular formula is C36H48BrN3O7. The predicted octanol–water partition coefficient (Wildman–Crippen LogP) is 4.38. The van der Waals surface area contributed by atoms with Crippen LogP contribution in [-0.2, 0) is 28.7 Å². The third-order valence-electron chi connectivity index (χ3n) is 10.1. The molecule has 256 valence electrons. The minimum Gasteiger partial charge on any atom is -0.455 e. The summed E-state index contributed by atoms with van der Waals surface area (Å²) in [6.45, 7) is 8.34. The van der Waals surface area contributed by atoms with Gasteiger partial charge in [-0.25, -0.2) is 0 Å². The van der Waals surface area contributed by atoms with Crippen molar-refractivity contribution in [1.29, 1.82) is 0 Å². The summed E-state index contributed by atoms with van der Waals surface area (Å²) in [6.07, 6.45) is 6.79. The summed E-state index contributed by atoms with van der Waals surface area (Å²) in [5.41, 5.74) is -0.704. The summed E-state index contributed by atoms with van der Waals surface area (Å²) in [5, 5.41) is 10.6. The van der Waals surface area contributed by atoms with Crippen LogP contribution < -0.4 is 0 Å². The highest BCUT2D eigenvalue weighted by atomic mass is 79.9. The fraction of sp³-hybridized carbons (Fsp3) is 0.611. The van der Waals surface area contributed by atoms with E-state index in [9.17, 15) is 24.3 Å². The van der Waals surface area contributed by atoms with Gasteiger partial charge in [-0.2, -0.15) is 0 Å². The Kier molecular flexibility index (Phi) is 11.0. The van der Waals surface area contributed by atoms with E-state index in [0.29, 0.717) is 30.4 Å². The molecular weight excluding hydrogens is 666 g/mol. The molecule has 0 radical (unpaired) electrons. The number of amides is 3. The summed E-state index contributed by atoms with van der Waals surface area (Å²) >= 11 is 3.62. The van der Waals surface area contributed by atoms with E-state index in [2.05, 4.69) is 15.9 Å². The molecule has 4 aliphatic heterocycles. The van der Waals surface area contributed by atoms with Gasteiger partial charge in [0.2, 0.25) is 17.7 Å². The number of likely N-dealkylation sites (N-methyl/N-ethyl adjacent to an activating group) is 1. The molecule has 47 heavy (non-hydrogen) atoms. The van der Waals surface area contributed by atoms with Crippen molar-refractivity contribution in [2.75, 3.05) is 26.7 Å². The lowest BCUT2D eigenvalue weighted by Crippen LogP contribution is -2.58. The van der Waals surface area contributed by atoms with Crippen molar-refractivity contribution in [3.63, 3.8) is 0 Å². The zero-order valence-corrected chi connectivity index (χ0v) is 29.6. The highest BCUT2D eigenvalue weighted by Gasteiger charge is 2.75. The second kappa shape index (κ2) is 14.6.